The first-order chi connectivity index (χ1) is 27.9. The Hall–Kier alpha value is -5.56. The highest BCUT2D eigenvalue weighted by Gasteiger charge is 2.40. The van der Waals surface area contributed by atoms with Crippen LogP contribution in [0.4, 0.5) is 0 Å². The third kappa shape index (κ3) is 14.3. The normalized spacial score (nSPS) is 18.3. The van der Waals surface area contributed by atoms with E-state index in [4.69, 9.17) is 27.1 Å². The van der Waals surface area contributed by atoms with Gasteiger partial charge in [0.2, 0.25) is 35.4 Å². The molecule has 0 aliphatic carbocycles. The average Bonchev–Trinajstić information content (AvgIpc) is 3.96. The molecule has 326 valence electrons. The van der Waals surface area contributed by atoms with Crippen molar-refractivity contribution >= 4 is 58.3 Å². The van der Waals surface area contributed by atoms with Gasteiger partial charge >= 0.3 is 5.97 Å². The molecule has 2 saturated heterocycles. The number of amides is 6. The van der Waals surface area contributed by atoms with Crippen molar-refractivity contribution in [1.82, 2.24) is 30.7 Å². The standard InChI is InChI=1S/C38H57N9O8.C2H4O2/c1-22(2)19-28(34(50)45-29(37(53)47-18-8-13-31(47)38(54)55)20-23-21-42-26-11-4-3-9-24(23)26)44-33(49)27(14-15-32(41)48)43-35(51)30-12-7-17-46(30)36(52)25(40)10-5-6-16-39;1-2(3)4/h3-4,9,11,21-22,25,27-31,42H,5-8,10,12-20,39-40H2,1-2H3,(H2,41,48)(H,43,51)(H,44,49)(H,45,50)(H,54,55);1H3,(H,3,4). The number of carbonyl (C=O) groups is 8. The predicted octanol–water partition coefficient (Wildman–Crippen LogP) is 0.0902. The Bertz CT molecular complexity index is 1800. The lowest BCUT2D eigenvalue weighted by Crippen LogP contribution is -2.59. The fraction of sp³-hybridized carbons (Fsp3) is 0.600. The second-order valence-corrected chi connectivity index (χ2v) is 15.5. The minimum atomic E-state index is -1.29. The Morgan fingerprint density at radius 1 is 0.831 bits per heavy atom. The summed E-state index contributed by atoms with van der Waals surface area (Å²) < 4.78 is 0. The zero-order valence-corrected chi connectivity index (χ0v) is 34.1. The molecule has 2 fully saturated rings. The molecule has 3 heterocycles. The number of H-pyrrole nitrogens is 1. The zero-order valence-electron chi connectivity index (χ0n) is 34.1. The minimum absolute atomic E-state index is 0.0460. The maximum Gasteiger partial charge on any atom is 0.326 e. The number of nitrogens with two attached hydrogens (primary N) is 3. The number of benzene rings is 1. The van der Waals surface area contributed by atoms with E-state index in [0.717, 1.165) is 23.4 Å². The van der Waals surface area contributed by atoms with Gasteiger partial charge in [0.15, 0.2) is 0 Å². The Morgan fingerprint density at radius 3 is 2.03 bits per heavy atom. The van der Waals surface area contributed by atoms with Crippen molar-refractivity contribution in [1.29, 1.82) is 0 Å². The van der Waals surface area contributed by atoms with Crippen LogP contribution in [0, 0.1) is 5.92 Å². The molecule has 1 aromatic carbocycles. The zero-order chi connectivity index (χ0) is 43.8. The smallest absolute Gasteiger partial charge is 0.326 e. The lowest BCUT2D eigenvalue weighted by molar-refractivity contribution is -0.149. The molecular weight excluding hydrogens is 766 g/mol. The van der Waals surface area contributed by atoms with E-state index in [2.05, 4.69) is 20.9 Å². The Labute approximate surface area is 343 Å². The van der Waals surface area contributed by atoms with Crippen LogP contribution < -0.4 is 33.2 Å². The van der Waals surface area contributed by atoms with Crippen LogP contribution in [0.5, 0.6) is 0 Å². The molecular formula is C40H61N9O10. The van der Waals surface area contributed by atoms with Crippen LogP contribution in [-0.4, -0.2) is 128 Å². The number of nitrogens with zero attached hydrogens (tertiary/aromatic N) is 2. The Kier molecular flexibility index (Phi) is 18.8. The molecule has 59 heavy (non-hydrogen) atoms. The summed E-state index contributed by atoms with van der Waals surface area (Å²) in [7, 11) is 0. The van der Waals surface area contributed by atoms with Gasteiger partial charge in [0.1, 0.15) is 30.2 Å². The number of hydrogen-bond acceptors (Lipinski definition) is 10. The van der Waals surface area contributed by atoms with Crippen LogP contribution >= 0.6 is 0 Å². The van der Waals surface area contributed by atoms with Crippen molar-refractivity contribution in [2.75, 3.05) is 19.6 Å². The van der Waals surface area contributed by atoms with Gasteiger partial charge in [-0.05, 0) is 75.5 Å². The number of aliphatic carboxylic acids is 2. The quantitative estimate of drug-likeness (QED) is 0.0803. The molecule has 6 unspecified atom stereocenters. The van der Waals surface area contributed by atoms with Crippen LogP contribution in [0.3, 0.4) is 0 Å². The maximum atomic E-state index is 14.1. The van der Waals surface area contributed by atoms with E-state index in [-0.39, 0.29) is 50.5 Å². The molecule has 2 aliphatic rings. The molecule has 2 aromatic rings. The number of nitrogens with one attached hydrogen (secondary N) is 4. The summed E-state index contributed by atoms with van der Waals surface area (Å²) in [6.07, 6.45) is 4.98. The molecule has 12 N–H and O–H groups in total. The van der Waals surface area contributed by atoms with Gasteiger partial charge in [-0.15, -0.1) is 0 Å². The molecule has 0 bridgehead atoms. The maximum absolute atomic E-state index is 14.1. The van der Waals surface area contributed by atoms with Crippen molar-refractivity contribution in [2.24, 2.45) is 23.1 Å². The van der Waals surface area contributed by atoms with Crippen LogP contribution in [0.15, 0.2) is 30.5 Å². The molecule has 4 rings (SSSR count). The van der Waals surface area contributed by atoms with E-state index in [0.29, 0.717) is 51.6 Å². The van der Waals surface area contributed by atoms with Gasteiger partial charge in [-0.1, -0.05) is 38.5 Å². The van der Waals surface area contributed by atoms with Gasteiger partial charge in [0, 0.05) is 50.0 Å². The van der Waals surface area contributed by atoms with Crippen LogP contribution in [0.25, 0.3) is 10.9 Å². The number of unbranched alkanes of at least 4 members (excludes halogenated alkanes) is 1. The molecule has 1 aromatic heterocycles. The number of hydrogen-bond donors (Lipinski definition) is 9. The van der Waals surface area contributed by atoms with E-state index in [1.54, 1.807) is 6.20 Å². The largest absolute Gasteiger partial charge is 0.481 e. The van der Waals surface area contributed by atoms with Gasteiger partial charge in [-0.2, -0.15) is 0 Å². The fourth-order valence-electron chi connectivity index (χ4n) is 7.43. The van der Waals surface area contributed by atoms with Crippen molar-refractivity contribution in [2.45, 2.75) is 128 Å². The van der Waals surface area contributed by atoms with Crippen molar-refractivity contribution in [3.05, 3.63) is 36.0 Å². The van der Waals surface area contributed by atoms with Crippen LogP contribution in [0.1, 0.15) is 90.5 Å². The predicted molar refractivity (Wildman–Crippen MR) is 217 cm³/mol. The SMILES string of the molecule is CC(=O)O.CC(C)CC(NC(=O)C(CCC(N)=O)NC(=O)C1CCCN1C(=O)C(N)CCCCN)C(=O)NC(Cc1c[nH]c2ccccc12)C(=O)N1CCCC1C(=O)O. The summed E-state index contributed by atoms with van der Waals surface area (Å²) in [6.45, 7) is 5.79. The summed E-state index contributed by atoms with van der Waals surface area (Å²) in [5.41, 5.74) is 18.7. The number of para-hydroxylation sites is 1. The highest BCUT2D eigenvalue weighted by atomic mass is 16.4. The van der Waals surface area contributed by atoms with E-state index in [1.807, 2.05) is 38.1 Å². The first-order valence-corrected chi connectivity index (χ1v) is 20.2. The fourth-order valence-corrected chi connectivity index (χ4v) is 7.43. The second kappa shape index (κ2) is 23.1. The first kappa shape index (κ1) is 47.8. The Morgan fingerprint density at radius 2 is 1.42 bits per heavy atom. The van der Waals surface area contributed by atoms with E-state index in [9.17, 15) is 38.7 Å². The van der Waals surface area contributed by atoms with Crippen molar-refractivity contribution in [3.8, 4) is 0 Å². The average molecular weight is 828 g/mol. The molecule has 2 aliphatic heterocycles. The van der Waals surface area contributed by atoms with E-state index < -0.39 is 77.7 Å². The molecule has 19 heteroatoms. The summed E-state index contributed by atoms with van der Waals surface area (Å²) in [4.78, 5) is 108. The number of fused-ring (bicyclic) bond motifs is 1. The van der Waals surface area contributed by atoms with E-state index >= 15 is 0 Å². The van der Waals surface area contributed by atoms with Crippen LogP contribution in [0.2, 0.25) is 0 Å². The summed E-state index contributed by atoms with van der Waals surface area (Å²) >= 11 is 0. The molecule has 6 amide bonds. The highest BCUT2D eigenvalue weighted by Crippen LogP contribution is 2.24. The lowest BCUT2D eigenvalue weighted by atomic mass is 9.99. The number of carbonyl (C=O) groups excluding carboxylic acids is 6. The number of carboxylic acid groups (broad SMARTS) is 2. The van der Waals surface area contributed by atoms with Gasteiger partial charge in [-0.25, -0.2) is 4.79 Å². The number of carboxylic acids is 2. The summed E-state index contributed by atoms with van der Waals surface area (Å²) in [5, 5.41) is 26.3. The number of aromatic amines is 1. The minimum Gasteiger partial charge on any atom is -0.481 e. The van der Waals surface area contributed by atoms with Gasteiger partial charge in [0.25, 0.3) is 5.97 Å². The first-order valence-electron chi connectivity index (χ1n) is 20.2. The molecule has 0 radical (unpaired) electrons. The highest BCUT2D eigenvalue weighted by molar-refractivity contribution is 5.97. The number of rotatable bonds is 20. The third-order valence-electron chi connectivity index (χ3n) is 10.3. The van der Waals surface area contributed by atoms with Crippen LogP contribution in [-0.2, 0) is 44.8 Å². The summed E-state index contributed by atoms with van der Waals surface area (Å²) in [6, 6.07) is 1.09. The van der Waals surface area contributed by atoms with Crippen molar-refractivity contribution in [3.63, 3.8) is 0 Å². The second-order valence-electron chi connectivity index (χ2n) is 15.5. The molecule has 19 nitrogen and oxygen atoms in total. The van der Waals surface area contributed by atoms with E-state index in [1.165, 1.54) is 9.80 Å². The number of likely N-dealkylation sites (tertiary alicyclic amines) is 2. The molecule has 0 saturated carbocycles. The number of aromatic nitrogens is 1. The monoisotopic (exact) mass is 827 g/mol. The van der Waals surface area contributed by atoms with Crippen molar-refractivity contribution < 1.29 is 48.6 Å². The molecule has 0 spiro atoms. The molecule has 6 atom stereocenters. The lowest BCUT2D eigenvalue weighted by Gasteiger charge is -2.30. The Balaban J connectivity index is 0.00000222. The summed E-state index contributed by atoms with van der Waals surface area (Å²) in [5.74, 6) is -5.74. The third-order valence-corrected chi connectivity index (χ3v) is 10.3. The number of primary amides is 1. The topological polar surface area (TPSA) is 313 Å². The van der Waals surface area contributed by atoms with Gasteiger partial charge in [0.05, 0.1) is 6.04 Å². The van der Waals surface area contributed by atoms with Gasteiger partial charge < -0.3 is 58.1 Å². The van der Waals surface area contributed by atoms with Gasteiger partial charge in [-0.3, -0.25) is 33.6 Å².